The van der Waals surface area contributed by atoms with Crippen molar-refractivity contribution in [3.05, 3.63) is 0 Å². The number of amides is 2. The van der Waals surface area contributed by atoms with Crippen LogP contribution in [-0.2, 0) is 14.4 Å². The molecule has 1 atom stereocenters. The lowest BCUT2D eigenvalue weighted by molar-refractivity contribution is -0.152. The van der Waals surface area contributed by atoms with Crippen molar-refractivity contribution in [3.8, 4) is 0 Å². The summed E-state index contributed by atoms with van der Waals surface area (Å²) in [5, 5.41) is 12.1. The summed E-state index contributed by atoms with van der Waals surface area (Å²) in [6.45, 7) is 10.8. The molecule has 2 amide bonds. The predicted octanol–water partition coefficient (Wildman–Crippen LogP) is 1.25. The highest BCUT2D eigenvalue weighted by Crippen LogP contribution is 2.31. The van der Waals surface area contributed by atoms with Gasteiger partial charge in [-0.3, -0.25) is 14.4 Å². The molecule has 21 heavy (non-hydrogen) atoms. The zero-order valence-electron chi connectivity index (χ0n) is 13.7. The first-order valence-electron chi connectivity index (χ1n) is 7.25. The summed E-state index contributed by atoms with van der Waals surface area (Å²) in [5.74, 6) is -1.67. The fourth-order valence-corrected chi connectivity index (χ4v) is 2.24. The molecule has 0 aromatic heterocycles. The van der Waals surface area contributed by atoms with Crippen molar-refractivity contribution < 1.29 is 19.5 Å². The molecular weight excluding hydrogens is 272 g/mol. The van der Waals surface area contributed by atoms with Gasteiger partial charge in [0.1, 0.15) is 0 Å². The van der Waals surface area contributed by atoms with E-state index in [-0.39, 0.29) is 24.3 Å². The summed E-state index contributed by atoms with van der Waals surface area (Å²) in [5.41, 5.74) is -2.02. The Labute approximate surface area is 125 Å². The number of carbonyl (C=O) groups excluding carboxylic acids is 2. The molecule has 0 spiro atoms. The minimum Gasteiger partial charge on any atom is -0.481 e. The normalized spacial score (nSPS) is 20.0. The fourth-order valence-electron chi connectivity index (χ4n) is 2.24. The Morgan fingerprint density at radius 3 is 2.19 bits per heavy atom. The van der Waals surface area contributed by atoms with E-state index in [1.807, 2.05) is 13.8 Å². The number of likely N-dealkylation sites (tertiary alicyclic amines) is 1. The van der Waals surface area contributed by atoms with Crippen LogP contribution in [0.1, 0.15) is 48.0 Å². The van der Waals surface area contributed by atoms with Gasteiger partial charge in [0.05, 0.1) is 11.3 Å². The second kappa shape index (κ2) is 5.66. The van der Waals surface area contributed by atoms with E-state index in [1.54, 1.807) is 32.6 Å². The second-order valence-electron chi connectivity index (χ2n) is 7.09. The Morgan fingerprint density at radius 1 is 1.29 bits per heavy atom. The van der Waals surface area contributed by atoms with E-state index in [9.17, 15) is 19.5 Å². The number of carboxylic acid groups (broad SMARTS) is 1. The van der Waals surface area contributed by atoms with Crippen LogP contribution in [0, 0.1) is 11.3 Å². The topological polar surface area (TPSA) is 86.7 Å². The minimum atomic E-state index is -1.11. The maximum absolute atomic E-state index is 12.4. The fraction of sp³-hybridized carbons (Fsp3) is 0.800. The molecule has 1 heterocycles. The van der Waals surface area contributed by atoms with E-state index in [2.05, 4.69) is 5.32 Å². The average molecular weight is 298 g/mol. The van der Waals surface area contributed by atoms with Crippen molar-refractivity contribution in [1.29, 1.82) is 0 Å². The van der Waals surface area contributed by atoms with Crippen LogP contribution >= 0.6 is 0 Å². The van der Waals surface area contributed by atoms with Gasteiger partial charge in [0.15, 0.2) is 0 Å². The molecule has 0 aliphatic carbocycles. The summed E-state index contributed by atoms with van der Waals surface area (Å²) in [6, 6.07) is 0.0683. The summed E-state index contributed by atoms with van der Waals surface area (Å²) in [4.78, 5) is 37.2. The Balaban J connectivity index is 2.79. The molecule has 0 aromatic rings. The molecule has 0 radical (unpaired) electrons. The minimum absolute atomic E-state index is 0.0274. The molecule has 1 fully saturated rings. The van der Waals surface area contributed by atoms with Crippen LogP contribution in [0.5, 0.6) is 0 Å². The average Bonchev–Trinajstić information content (AvgIpc) is 2.70. The number of nitrogens with zero attached hydrogens (tertiary/aromatic N) is 1. The highest BCUT2D eigenvalue weighted by atomic mass is 16.4. The molecule has 1 unspecified atom stereocenters. The lowest BCUT2D eigenvalue weighted by Gasteiger charge is -2.39. The van der Waals surface area contributed by atoms with E-state index >= 15 is 0 Å². The van der Waals surface area contributed by atoms with E-state index in [0.29, 0.717) is 6.54 Å². The SMILES string of the molecule is CC(C)N1CC(C(=O)NC(C)(C)C(C)(C)C(=O)O)CC1=O. The molecule has 1 rings (SSSR count). The van der Waals surface area contributed by atoms with Gasteiger partial charge in [0, 0.05) is 24.5 Å². The Morgan fingerprint density at radius 2 is 1.81 bits per heavy atom. The van der Waals surface area contributed by atoms with Crippen LogP contribution in [-0.4, -0.2) is 45.9 Å². The quantitative estimate of drug-likeness (QED) is 0.799. The number of carbonyl (C=O) groups is 3. The first-order valence-corrected chi connectivity index (χ1v) is 7.25. The van der Waals surface area contributed by atoms with Crippen LogP contribution in [0.2, 0.25) is 0 Å². The van der Waals surface area contributed by atoms with E-state index in [0.717, 1.165) is 0 Å². The zero-order chi connectivity index (χ0) is 16.6. The molecule has 1 aliphatic rings. The van der Waals surface area contributed by atoms with Gasteiger partial charge in [-0.25, -0.2) is 0 Å². The van der Waals surface area contributed by atoms with Gasteiger partial charge in [-0.05, 0) is 41.5 Å². The van der Waals surface area contributed by atoms with Crippen molar-refractivity contribution >= 4 is 17.8 Å². The van der Waals surface area contributed by atoms with Crippen molar-refractivity contribution in [3.63, 3.8) is 0 Å². The first-order chi connectivity index (χ1) is 9.40. The van der Waals surface area contributed by atoms with Crippen LogP contribution in [0.3, 0.4) is 0 Å². The highest BCUT2D eigenvalue weighted by molar-refractivity contribution is 5.90. The number of rotatable bonds is 5. The molecule has 6 nitrogen and oxygen atoms in total. The Bertz CT molecular complexity index is 455. The van der Waals surface area contributed by atoms with E-state index < -0.39 is 22.8 Å². The van der Waals surface area contributed by atoms with E-state index in [4.69, 9.17) is 0 Å². The molecule has 6 heteroatoms. The molecule has 1 aliphatic heterocycles. The number of carboxylic acids is 1. The first kappa shape index (κ1) is 17.5. The largest absolute Gasteiger partial charge is 0.481 e. The standard InChI is InChI=1S/C15H26N2O4/c1-9(2)17-8-10(7-11(17)18)12(19)16-15(5,6)14(3,4)13(20)21/h9-10H,7-8H2,1-6H3,(H,16,19)(H,20,21). The molecule has 0 saturated carbocycles. The lowest BCUT2D eigenvalue weighted by Crippen LogP contribution is -2.58. The van der Waals surface area contributed by atoms with Crippen LogP contribution in [0.25, 0.3) is 0 Å². The number of hydrogen-bond donors (Lipinski definition) is 2. The molecule has 0 bridgehead atoms. The highest BCUT2D eigenvalue weighted by Gasteiger charge is 2.46. The summed E-state index contributed by atoms with van der Waals surface area (Å²) in [7, 11) is 0. The van der Waals surface area contributed by atoms with Crippen molar-refractivity contribution in [2.45, 2.75) is 59.5 Å². The Hall–Kier alpha value is -1.59. The molecule has 0 aromatic carbocycles. The van der Waals surface area contributed by atoms with Gasteiger partial charge in [-0.2, -0.15) is 0 Å². The van der Waals surface area contributed by atoms with Crippen LogP contribution < -0.4 is 5.32 Å². The van der Waals surface area contributed by atoms with Gasteiger partial charge in [0.25, 0.3) is 0 Å². The zero-order valence-corrected chi connectivity index (χ0v) is 13.7. The van der Waals surface area contributed by atoms with Crippen LogP contribution in [0.15, 0.2) is 0 Å². The third-order valence-electron chi connectivity index (χ3n) is 4.69. The third-order valence-corrected chi connectivity index (χ3v) is 4.69. The van der Waals surface area contributed by atoms with Crippen molar-refractivity contribution in [1.82, 2.24) is 10.2 Å². The monoisotopic (exact) mass is 298 g/mol. The smallest absolute Gasteiger partial charge is 0.311 e. The summed E-state index contributed by atoms with van der Waals surface area (Å²) < 4.78 is 0. The number of aliphatic carboxylic acids is 1. The number of hydrogen-bond acceptors (Lipinski definition) is 3. The maximum atomic E-state index is 12.4. The molecule has 1 saturated heterocycles. The van der Waals surface area contributed by atoms with Gasteiger partial charge < -0.3 is 15.3 Å². The lowest BCUT2D eigenvalue weighted by atomic mass is 9.74. The van der Waals surface area contributed by atoms with Crippen molar-refractivity contribution in [2.24, 2.45) is 11.3 Å². The van der Waals surface area contributed by atoms with Crippen LogP contribution in [0.4, 0.5) is 0 Å². The predicted molar refractivity (Wildman–Crippen MR) is 78.6 cm³/mol. The summed E-state index contributed by atoms with van der Waals surface area (Å²) in [6.07, 6.45) is 0.188. The number of nitrogens with one attached hydrogen (secondary N) is 1. The summed E-state index contributed by atoms with van der Waals surface area (Å²) >= 11 is 0. The van der Waals surface area contributed by atoms with Gasteiger partial charge in [-0.1, -0.05) is 0 Å². The maximum Gasteiger partial charge on any atom is 0.311 e. The molecular formula is C15H26N2O4. The Kier molecular flexibility index (Phi) is 4.70. The third kappa shape index (κ3) is 3.36. The van der Waals surface area contributed by atoms with Gasteiger partial charge in [-0.15, -0.1) is 0 Å². The second-order valence-corrected chi connectivity index (χ2v) is 7.09. The van der Waals surface area contributed by atoms with E-state index in [1.165, 1.54) is 0 Å². The molecule has 120 valence electrons. The van der Waals surface area contributed by atoms with Gasteiger partial charge >= 0.3 is 5.97 Å². The van der Waals surface area contributed by atoms with Gasteiger partial charge in [0.2, 0.25) is 11.8 Å². The van der Waals surface area contributed by atoms with Crippen molar-refractivity contribution in [2.75, 3.05) is 6.54 Å². The molecule has 2 N–H and O–H groups in total.